The van der Waals surface area contributed by atoms with Crippen LogP contribution in [0.2, 0.25) is 0 Å². The van der Waals surface area contributed by atoms with Crippen molar-refractivity contribution in [2.75, 3.05) is 0 Å². The highest BCUT2D eigenvalue weighted by Gasteiger charge is 2.67. The molecule has 0 amide bonds. The summed E-state index contributed by atoms with van der Waals surface area (Å²) in [5, 5.41) is 0. The summed E-state index contributed by atoms with van der Waals surface area (Å²) >= 11 is 0. The third kappa shape index (κ3) is 49.9. The van der Waals surface area contributed by atoms with Gasteiger partial charge in [0.25, 0.3) is 0 Å². The van der Waals surface area contributed by atoms with Crippen LogP contribution in [0.15, 0.2) is 0 Å². The van der Waals surface area contributed by atoms with E-state index in [1.807, 2.05) is 0 Å². The molecular formula is H101P99. The van der Waals surface area contributed by atoms with Crippen LogP contribution in [0.3, 0.4) is 0 Å². The molecule has 0 nitrogen and oxygen atoms in total. The van der Waals surface area contributed by atoms with Crippen molar-refractivity contribution < 1.29 is 0 Å². The molecule has 0 radical (unpaired) electrons. The van der Waals surface area contributed by atoms with E-state index in [1.165, 1.54) is 0 Å². The summed E-state index contributed by atoms with van der Waals surface area (Å²) < 4.78 is 0. The lowest BCUT2D eigenvalue weighted by Gasteiger charge is -2.64. The second-order valence-electron chi connectivity index (χ2n) is 15.8. The van der Waals surface area contributed by atoms with Gasteiger partial charge in [0.05, 0.1) is 0 Å². The Bertz CT molecular complexity index is 1660. The minimum atomic E-state index is -0.637. The second kappa shape index (κ2) is 77.8. The maximum Gasteiger partial charge on any atom is -0.000000228 e. The summed E-state index contributed by atoms with van der Waals surface area (Å²) in [7, 11) is 191. The highest BCUT2D eigenvalue weighted by molar-refractivity contribution is 9.60. The zero-order valence-electron chi connectivity index (χ0n) is 50.8. The van der Waals surface area contributed by atoms with Crippen LogP contribution in [-0.4, -0.2) is 0 Å². The largest absolute Gasteiger partial charge is 0.109 e. The lowest BCUT2D eigenvalue weighted by atomic mass is 28.3. The smallest absolute Gasteiger partial charge is 0.000000228 e. The molecule has 0 N–H and O–H groups in total. The fraction of sp³-hybridized carbons (Fsp3) is 0. The molecule has 0 fully saturated rings. The van der Waals surface area contributed by atoms with Gasteiger partial charge in [-0.3, -0.25) is 0 Å². The third-order valence-corrected chi connectivity index (χ3v) is 713. The molecule has 55 atom stereocenters. The summed E-state index contributed by atoms with van der Waals surface area (Å²) in [5.74, 6) is 0. The molecule has 0 aliphatic heterocycles. The zero-order valence-corrected chi connectivity index (χ0v) is 153. The van der Waals surface area contributed by atoms with Gasteiger partial charge in [-0.25, -0.2) is 0 Å². The second-order valence-corrected chi connectivity index (χ2v) is 426. The van der Waals surface area contributed by atoms with Crippen molar-refractivity contribution >= 4 is 790 Å². The Morgan fingerprint density at radius 3 is 0.222 bits per heavy atom. The van der Waals surface area contributed by atoms with Crippen LogP contribution in [0.25, 0.3) is 0 Å². The van der Waals surface area contributed by atoms with Crippen molar-refractivity contribution in [2.45, 2.75) is 0 Å². The maximum atomic E-state index is 3.98. The molecule has 0 aliphatic rings. The molecule has 0 aromatic rings. The molecule has 0 spiro atoms. The summed E-state index contributed by atoms with van der Waals surface area (Å²) in [4.78, 5) is 0. The quantitative estimate of drug-likeness (QED) is 0.0533. The van der Waals surface area contributed by atoms with Crippen LogP contribution in [0, 0.1) is 0 Å². The minimum absolute atomic E-state index is 0.335. The predicted molar refractivity (Wildman–Crippen MR) is 826 cm³/mol. The van der Waals surface area contributed by atoms with Crippen molar-refractivity contribution in [1.29, 1.82) is 0 Å². The first-order valence-corrected chi connectivity index (χ1v) is 203. The highest BCUT2D eigenvalue weighted by atomic mass is 33.7. The van der Waals surface area contributed by atoms with Gasteiger partial charge in [-0.05, 0) is 335 Å². The maximum absolute atomic E-state index is 3.98. The van der Waals surface area contributed by atoms with E-state index in [4.69, 9.17) is 0 Å². The minimum Gasteiger partial charge on any atom is -0.109 e. The average molecular weight is 3170 g/mol. The molecular weight excluding hydrogens is 3070 g/mol. The Labute approximate surface area is 776 Å². The van der Waals surface area contributed by atoms with E-state index >= 15 is 0 Å². The average Bonchev–Trinajstić information content (AvgIpc) is 3.39. The van der Waals surface area contributed by atoms with Crippen LogP contribution in [0.5, 0.6) is 0 Å². The summed E-state index contributed by atoms with van der Waals surface area (Å²) in [6.07, 6.45) is 0. The lowest BCUT2D eigenvalue weighted by Crippen LogP contribution is -1.77. The molecule has 0 aliphatic carbocycles. The van der Waals surface area contributed by atoms with Crippen molar-refractivity contribution in [3.05, 3.63) is 0 Å². The van der Waals surface area contributed by atoms with E-state index < -0.39 is 307 Å². The fourth-order valence-corrected chi connectivity index (χ4v) is 1480. The van der Waals surface area contributed by atoms with E-state index in [2.05, 4.69) is 446 Å². The Morgan fingerprint density at radius 1 is 0.0909 bits per heavy atom. The van der Waals surface area contributed by atoms with Crippen molar-refractivity contribution in [1.82, 2.24) is 0 Å². The Morgan fingerprint density at radius 2 is 0.152 bits per heavy atom. The van der Waals surface area contributed by atoms with Gasteiger partial charge in [0, 0.05) is 0 Å². The fourth-order valence-electron chi connectivity index (χ4n) is 6.09. The van der Waals surface area contributed by atoms with Gasteiger partial charge < -0.3 is 0 Å². The van der Waals surface area contributed by atoms with Crippen LogP contribution < -0.4 is 0 Å². The number of hydrogen-bond donors (Lipinski definition) is 0. The van der Waals surface area contributed by atoms with Gasteiger partial charge >= 0.3 is 0 Å². The monoisotopic (exact) mass is 3170 g/mol. The molecule has 0 rings (SSSR count). The van der Waals surface area contributed by atoms with E-state index in [9.17, 15) is 0 Å². The Balaban J connectivity index is 14.6. The molecule has 0 aromatic carbocycles. The SMILES string of the molecule is PPP(P)P(P(P(P)P)P(P)P)P(P(P(P)P)P(P)P)P(P(P(P(P)P)P(P)P)P(P(P)P)P(P)P)P(P(P(P(P(P)P)P(P)P)P(P(P)P)P(P)P)P(P(P(P)P)P(P)P)P(P(P)P)P(P)P)P(P(P(P(P)P)P(P)P)P(P(P)P)P(P)P)P(P(P(P)P)P(P)P)P(P(P)P)P(P)P. The topological polar surface area (TPSA) is 0 Å². The van der Waals surface area contributed by atoms with Crippen LogP contribution >= 0.6 is 790 Å². The third-order valence-electron chi connectivity index (χ3n) is 8.80. The normalized spacial score (nSPS) is 15.9. The molecule has 0 saturated heterocycles. The molecule has 0 aromatic heterocycles. The van der Waals surface area contributed by atoms with Crippen molar-refractivity contribution in [3.63, 3.8) is 0 Å². The van der Waals surface area contributed by atoms with Gasteiger partial charge in [0.1, 0.15) is 0 Å². The summed E-state index contributed by atoms with van der Waals surface area (Å²) in [6, 6.07) is 0. The van der Waals surface area contributed by atoms with Crippen LogP contribution in [0.4, 0.5) is 0 Å². The van der Waals surface area contributed by atoms with Gasteiger partial charge in [-0.2, -0.15) is 0 Å². The van der Waals surface area contributed by atoms with Crippen LogP contribution in [-0.2, 0) is 0 Å². The molecule has 55 unspecified atom stereocenters. The highest BCUT2D eigenvalue weighted by Crippen LogP contribution is 3.54. The molecule has 0 bridgehead atoms. The van der Waals surface area contributed by atoms with Gasteiger partial charge in [-0.1, -0.05) is 7.96 Å². The summed E-state index contributed by atoms with van der Waals surface area (Å²) in [6.45, 7) is -21.3. The first-order valence-electron chi connectivity index (χ1n) is 22.6. The van der Waals surface area contributed by atoms with E-state index in [-0.39, 0.29) is 27.9 Å². The van der Waals surface area contributed by atoms with Crippen molar-refractivity contribution in [2.24, 2.45) is 0 Å². The molecule has 99 heavy (non-hydrogen) atoms. The molecule has 0 saturated carbocycles. The summed E-state index contributed by atoms with van der Waals surface area (Å²) in [5.41, 5.74) is 0. The predicted octanol–water partition coefficient (Wildman–Crippen LogP) is 58.2. The Kier molecular flexibility index (Phi) is 111. The van der Waals surface area contributed by atoms with Gasteiger partial charge in [-0.15, -0.1) is 446 Å². The number of hydrogen-bond acceptors (Lipinski definition) is 0. The standard InChI is InChI=1S/H101P99/c1-51-76(50)89(77(52(2)3)53(4)5)95(88(74(46)47)75(48)49)98(94(86(70(38)39)71(40)41)87(72(42)43)73(44)45)99(96(90(78(54(6)7)55(8)9)79(56(10)11)57(12)13)91(80(58(14)15)59(16)17)81(60(18)19)61(20)21)97(92(82(62(22)23)63(24)25)83(64(26)27)65(28)29)93(84(66(30)31)67(32)33)85(68(34)35)69(36)37/h51H,1-50H2. The first-order chi connectivity index (χ1) is 45.1. The Hall–Kier alpha value is 42.6. The van der Waals surface area contributed by atoms with Crippen molar-refractivity contribution in [3.8, 4) is 0 Å². The van der Waals surface area contributed by atoms with E-state index in [0.717, 1.165) is 7.96 Å². The lowest BCUT2D eigenvalue weighted by molar-refractivity contribution is 4.29. The van der Waals surface area contributed by atoms with E-state index in [0.29, 0.717) is 0 Å². The zero-order chi connectivity index (χ0) is 78.4. The number of rotatable bonds is 48. The molecule has 596 valence electrons. The van der Waals surface area contributed by atoms with Gasteiger partial charge in [0.2, 0.25) is 0 Å². The molecule has 99 heteroatoms. The van der Waals surface area contributed by atoms with Gasteiger partial charge in [0.15, 0.2) is 0 Å². The van der Waals surface area contributed by atoms with Crippen LogP contribution in [0.1, 0.15) is 0 Å². The van der Waals surface area contributed by atoms with E-state index in [1.54, 1.807) is 0 Å². The molecule has 0 heterocycles. The first kappa shape index (κ1) is 142.